The number of nitriles is 1. The monoisotopic (exact) mass is 383 g/mol. The molecule has 4 nitrogen and oxygen atoms in total. The number of nitrogens with one attached hydrogen (secondary N) is 2. The Morgan fingerprint density at radius 3 is 2.58 bits per heavy atom. The van der Waals surface area contributed by atoms with Crippen LogP contribution in [-0.4, -0.2) is 5.91 Å². The third-order valence-corrected chi connectivity index (χ3v) is 3.98. The molecule has 0 aliphatic rings. The number of carbonyl (C=O) groups excluding carboxylic acids is 1. The van der Waals surface area contributed by atoms with Crippen LogP contribution in [-0.2, 0) is 4.79 Å². The molecule has 0 atom stereocenters. The summed E-state index contributed by atoms with van der Waals surface area (Å²) in [7, 11) is 0. The van der Waals surface area contributed by atoms with Gasteiger partial charge in [0.05, 0.1) is 20.8 Å². The molecule has 0 spiro atoms. The van der Waals surface area contributed by atoms with Crippen LogP contribution in [0.2, 0.25) is 15.1 Å². The van der Waals surface area contributed by atoms with Gasteiger partial charge in [0.1, 0.15) is 17.5 Å². The molecule has 0 aliphatic carbocycles. The number of nitrogens with zero attached hydrogens (tertiary/aromatic N) is 1. The maximum Gasteiger partial charge on any atom is 0.267 e. The Labute approximate surface area is 152 Å². The van der Waals surface area contributed by atoms with Gasteiger partial charge in [0.15, 0.2) is 0 Å². The summed E-state index contributed by atoms with van der Waals surface area (Å²) in [5, 5.41) is 14.7. The number of anilines is 2. The zero-order valence-electron chi connectivity index (χ0n) is 11.9. The second-order valence-electron chi connectivity index (χ2n) is 4.50. The van der Waals surface area contributed by atoms with Gasteiger partial charge in [0.2, 0.25) is 0 Å². The number of amides is 1. The van der Waals surface area contributed by atoms with Gasteiger partial charge in [0.25, 0.3) is 5.91 Å². The van der Waals surface area contributed by atoms with E-state index in [1.54, 1.807) is 24.3 Å². The maximum absolute atomic E-state index is 13.1. The second kappa shape index (κ2) is 8.02. The highest BCUT2D eigenvalue weighted by atomic mass is 35.5. The largest absolute Gasteiger partial charge is 0.360 e. The van der Waals surface area contributed by atoms with Crippen LogP contribution in [0.3, 0.4) is 0 Å². The molecule has 0 saturated heterocycles. The van der Waals surface area contributed by atoms with Crippen LogP contribution in [0.15, 0.2) is 48.2 Å². The van der Waals surface area contributed by atoms with Gasteiger partial charge in [-0.25, -0.2) is 4.39 Å². The van der Waals surface area contributed by atoms with Crippen molar-refractivity contribution in [1.29, 1.82) is 5.26 Å². The summed E-state index contributed by atoms with van der Waals surface area (Å²) in [6.07, 6.45) is 1.18. The molecule has 2 N–H and O–H groups in total. The first-order chi connectivity index (χ1) is 11.4. The normalized spacial score (nSPS) is 10.9. The highest BCUT2D eigenvalue weighted by molar-refractivity contribution is 6.44. The zero-order chi connectivity index (χ0) is 17.7. The highest BCUT2D eigenvalue weighted by Gasteiger charge is 2.12. The van der Waals surface area contributed by atoms with E-state index in [0.29, 0.717) is 5.69 Å². The van der Waals surface area contributed by atoms with E-state index in [1.807, 2.05) is 0 Å². The number of rotatable bonds is 4. The van der Waals surface area contributed by atoms with E-state index in [4.69, 9.17) is 40.1 Å². The van der Waals surface area contributed by atoms with E-state index in [0.717, 1.165) is 6.07 Å². The van der Waals surface area contributed by atoms with Gasteiger partial charge in [0, 0.05) is 11.9 Å². The lowest BCUT2D eigenvalue weighted by atomic mass is 10.2. The van der Waals surface area contributed by atoms with Gasteiger partial charge in [-0.3, -0.25) is 4.79 Å². The lowest BCUT2D eigenvalue weighted by Crippen LogP contribution is -2.15. The molecule has 0 aliphatic heterocycles. The third kappa shape index (κ3) is 4.39. The molecule has 0 unspecified atom stereocenters. The van der Waals surface area contributed by atoms with E-state index < -0.39 is 11.7 Å². The summed E-state index contributed by atoms with van der Waals surface area (Å²) >= 11 is 17.5. The molecule has 0 aromatic heterocycles. The van der Waals surface area contributed by atoms with Crippen molar-refractivity contribution in [3.05, 3.63) is 69.1 Å². The lowest BCUT2D eigenvalue weighted by Gasteiger charge is -2.08. The molecular formula is C16H9Cl3FN3O. The average molecular weight is 385 g/mol. The van der Waals surface area contributed by atoms with E-state index in [-0.39, 0.29) is 26.3 Å². The van der Waals surface area contributed by atoms with Crippen molar-refractivity contribution in [1.82, 2.24) is 0 Å². The first-order valence-corrected chi connectivity index (χ1v) is 7.63. The summed E-state index contributed by atoms with van der Waals surface area (Å²) in [6, 6.07) is 10.4. The van der Waals surface area contributed by atoms with Crippen LogP contribution in [0.25, 0.3) is 0 Å². The number of hydrogen-bond donors (Lipinski definition) is 2. The van der Waals surface area contributed by atoms with E-state index in [9.17, 15) is 9.18 Å². The zero-order valence-corrected chi connectivity index (χ0v) is 14.2. The van der Waals surface area contributed by atoms with Crippen molar-refractivity contribution in [2.75, 3.05) is 10.6 Å². The van der Waals surface area contributed by atoms with E-state index >= 15 is 0 Å². The van der Waals surface area contributed by atoms with E-state index in [1.165, 1.54) is 18.3 Å². The first-order valence-electron chi connectivity index (χ1n) is 6.49. The average Bonchev–Trinajstić information content (AvgIpc) is 2.55. The molecule has 2 aromatic rings. The van der Waals surface area contributed by atoms with Crippen LogP contribution >= 0.6 is 34.8 Å². The first kappa shape index (κ1) is 18.1. The highest BCUT2D eigenvalue weighted by Crippen LogP contribution is 2.29. The molecule has 2 rings (SSSR count). The van der Waals surface area contributed by atoms with Crippen LogP contribution in [0.4, 0.5) is 15.8 Å². The Morgan fingerprint density at radius 2 is 1.92 bits per heavy atom. The second-order valence-corrected chi connectivity index (χ2v) is 5.69. The fourth-order valence-electron chi connectivity index (χ4n) is 1.68. The fraction of sp³-hybridized carbons (Fsp3) is 0. The molecule has 0 bridgehead atoms. The van der Waals surface area contributed by atoms with E-state index in [2.05, 4.69) is 10.6 Å². The maximum atomic E-state index is 13.1. The molecule has 0 radical (unpaired) electrons. The van der Waals surface area contributed by atoms with Gasteiger partial charge < -0.3 is 10.6 Å². The Bertz CT molecular complexity index is 862. The Morgan fingerprint density at radius 1 is 1.17 bits per heavy atom. The minimum absolute atomic E-state index is 0.0814. The number of carbonyl (C=O) groups is 1. The van der Waals surface area contributed by atoms with Gasteiger partial charge in [-0.1, -0.05) is 40.9 Å². The molecular weight excluding hydrogens is 376 g/mol. The Hall–Kier alpha value is -2.26. The third-order valence-electron chi connectivity index (χ3n) is 2.87. The minimum Gasteiger partial charge on any atom is -0.360 e. The Kier molecular flexibility index (Phi) is 6.04. The van der Waals surface area contributed by atoms with Gasteiger partial charge >= 0.3 is 0 Å². The molecule has 0 saturated carbocycles. The molecule has 1 amide bonds. The molecule has 24 heavy (non-hydrogen) atoms. The standard InChI is InChI=1S/C16H9Cl3FN3O/c17-11-2-1-3-14(15(11)19)23-16(24)9(7-21)8-22-10-4-5-13(20)12(18)6-10/h1-6,8,22H,(H,23,24)/b9-8-. The van der Waals surface area contributed by atoms with Crippen LogP contribution in [0.1, 0.15) is 0 Å². The molecule has 122 valence electrons. The number of halogens is 4. The van der Waals surface area contributed by atoms with Crippen molar-refractivity contribution in [3.63, 3.8) is 0 Å². The van der Waals surface area contributed by atoms with Crippen molar-refractivity contribution in [3.8, 4) is 6.07 Å². The van der Waals surface area contributed by atoms with Crippen molar-refractivity contribution in [2.45, 2.75) is 0 Å². The predicted octanol–water partition coefficient (Wildman–Crippen LogP) is 5.24. The molecule has 0 heterocycles. The summed E-state index contributed by atoms with van der Waals surface area (Å²) in [4.78, 5) is 12.1. The molecule has 8 heteroatoms. The molecule has 2 aromatic carbocycles. The summed E-state index contributed by atoms with van der Waals surface area (Å²) in [5.41, 5.74) is 0.481. The van der Waals surface area contributed by atoms with Gasteiger partial charge in [-0.05, 0) is 30.3 Å². The molecule has 0 fully saturated rings. The fourth-order valence-corrected chi connectivity index (χ4v) is 2.21. The van der Waals surface area contributed by atoms with Crippen LogP contribution in [0, 0.1) is 17.1 Å². The minimum atomic E-state index is -0.678. The summed E-state index contributed by atoms with van der Waals surface area (Å²) < 4.78 is 13.1. The predicted molar refractivity (Wildman–Crippen MR) is 93.8 cm³/mol. The SMILES string of the molecule is N#C/C(=C/Nc1ccc(F)c(Cl)c1)C(=O)Nc1cccc(Cl)c1Cl. The van der Waals surface area contributed by atoms with Gasteiger partial charge in [-0.15, -0.1) is 0 Å². The summed E-state index contributed by atoms with van der Waals surface area (Å²) in [6.45, 7) is 0. The van der Waals surface area contributed by atoms with Crippen LogP contribution in [0.5, 0.6) is 0 Å². The van der Waals surface area contributed by atoms with Crippen LogP contribution < -0.4 is 10.6 Å². The summed E-state index contributed by atoms with van der Waals surface area (Å²) in [5.74, 6) is -1.25. The quantitative estimate of drug-likeness (QED) is 0.559. The van der Waals surface area contributed by atoms with Crippen molar-refractivity contribution < 1.29 is 9.18 Å². The topological polar surface area (TPSA) is 64.9 Å². The van der Waals surface area contributed by atoms with Crippen molar-refractivity contribution >= 4 is 52.1 Å². The number of hydrogen-bond acceptors (Lipinski definition) is 3. The number of benzene rings is 2. The lowest BCUT2D eigenvalue weighted by molar-refractivity contribution is -0.112. The Balaban J connectivity index is 2.15. The van der Waals surface area contributed by atoms with Gasteiger partial charge in [-0.2, -0.15) is 5.26 Å². The smallest absolute Gasteiger partial charge is 0.267 e. The van der Waals surface area contributed by atoms with Crippen molar-refractivity contribution in [2.24, 2.45) is 0 Å².